The minimum absolute atomic E-state index is 0.0171. The second kappa shape index (κ2) is 8.60. The molecule has 1 unspecified atom stereocenters. The molecule has 24 heavy (non-hydrogen) atoms. The lowest BCUT2D eigenvalue weighted by atomic mass is 10.0. The van der Waals surface area contributed by atoms with E-state index in [1.807, 2.05) is 30.3 Å². The van der Waals surface area contributed by atoms with E-state index in [4.69, 9.17) is 4.74 Å². The Balaban J connectivity index is 1.60. The molecule has 1 aromatic rings. The van der Waals surface area contributed by atoms with Gasteiger partial charge in [-0.2, -0.15) is 0 Å². The van der Waals surface area contributed by atoms with Gasteiger partial charge in [-0.3, -0.25) is 9.69 Å². The largest absolute Gasteiger partial charge is 0.394 e. The highest BCUT2D eigenvalue weighted by Crippen LogP contribution is 2.26. The molecule has 1 saturated carbocycles. The van der Waals surface area contributed by atoms with Crippen LogP contribution in [-0.4, -0.2) is 60.4 Å². The summed E-state index contributed by atoms with van der Waals surface area (Å²) in [5.74, 6) is -0.0171. The molecule has 5 nitrogen and oxygen atoms in total. The zero-order valence-corrected chi connectivity index (χ0v) is 14.2. The summed E-state index contributed by atoms with van der Waals surface area (Å²) in [5.41, 5.74) is 1.12. The van der Waals surface area contributed by atoms with E-state index in [2.05, 4.69) is 10.2 Å². The Morgan fingerprint density at radius 3 is 2.75 bits per heavy atom. The number of benzene rings is 1. The van der Waals surface area contributed by atoms with Crippen molar-refractivity contribution in [3.63, 3.8) is 0 Å². The van der Waals surface area contributed by atoms with Crippen molar-refractivity contribution in [3.8, 4) is 0 Å². The predicted octanol–water partition coefficient (Wildman–Crippen LogP) is 1.35. The minimum atomic E-state index is -0.257. The Morgan fingerprint density at radius 1 is 1.29 bits per heavy atom. The smallest absolute Gasteiger partial charge is 0.240 e. The maximum Gasteiger partial charge on any atom is 0.240 e. The topological polar surface area (TPSA) is 61.8 Å². The summed E-state index contributed by atoms with van der Waals surface area (Å²) in [7, 11) is 0. The highest BCUT2D eigenvalue weighted by Gasteiger charge is 2.35. The van der Waals surface area contributed by atoms with Crippen LogP contribution in [0, 0.1) is 0 Å². The zero-order valence-electron chi connectivity index (χ0n) is 14.2. The summed E-state index contributed by atoms with van der Waals surface area (Å²) in [4.78, 5) is 15.1. The lowest BCUT2D eigenvalue weighted by molar-refractivity contribution is -0.135. The Kier molecular flexibility index (Phi) is 6.24. The number of aliphatic hydroxyl groups excluding tert-OH is 1. The van der Waals surface area contributed by atoms with Crippen molar-refractivity contribution >= 4 is 5.91 Å². The Bertz CT molecular complexity index is 517. The molecule has 0 spiro atoms. The van der Waals surface area contributed by atoms with E-state index >= 15 is 0 Å². The van der Waals surface area contributed by atoms with Gasteiger partial charge in [0.1, 0.15) is 6.04 Å². The van der Waals surface area contributed by atoms with Crippen molar-refractivity contribution in [2.75, 3.05) is 26.4 Å². The molecule has 1 aliphatic carbocycles. The monoisotopic (exact) mass is 332 g/mol. The van der Waals surface area contributed by atoms with Crippen molar-refractivity contribution < 1.29 is 14.6 Å². The molecule has 2 aliphatic rings. The van der Waals surface area contributed by atoms with E-state index < -0.39 is 0 Å². The summed E-state index contributed by atoms with van der Waals surface area (Å²) in [6, 6.07) is 9.97. The second-order valence-corrected chi connectivity index (χ2v) is 6.84. The Morgan fingerprint density at radius 2 is 2.04 bits per heavy atom. The molecule has 2 N–H and O–H groups in total. The highest BCUT2D eigenvalue weighted by molar-refractivity contribution is 5.82. The molecule has 0 bridgehead atoms. The summed E-state index contributed by atoms with van der Waals surface area (Å²) in [6.07, 6.45) is 5.50. The molecule has 2 atom stereocenters. The first-order valence-corrected chi connectivity index (χ1v) is 9.06. The molecule has 132 valence electrons. The number of amides is 1. The van der Waals surface area contributed by atoms with Crippen LogP contribution in [0.3, 0.4) is 0 Å². The lowest BCUT2D eigenvalue weighted by Gasteiger charge is -2.39. The van der Waals surface area contributed by atoms with Gasteiger partial charge in [0, 0.05) is 12.6 Å². The number of carbonyl (C=O) groups is 1. The standard InChI is InChI=1S/C19H28N2O3/c22-13-16(12-15-6-2-1-3-7-15)20-19(23)18-14-24-11-10-21(18)17-8-4-5-9-17/h1-3,6-7,16-18,22H,4-5,8-14H2,(H,20,23)/t16-,18?/m0/s1. The number of aliphatic hydroxyl groups is 1. The summed E-state index contributed by atoms with van der Waals surface area (Å²) in [6.45, 7) is 1.92. The van der Waals surface area contributed by atoms with Gasteiger partial charge in [-0.1, -0.05) is 43.2 Å². The molecule has 5 heteroatoms. The van der Waals surface area contributed by atoms with E-state index in [9.17, 15) is 9.90 Å². The number of morpholine rings is 1. The lowest BCUT2D eigenvalue weighted by Crippen LogP contribution is -2.58. The predicted molar refractivity (Wildman–Crippen MR) is 92.7 cm³/mol. The van der Waals surface area contributed by atoms with Gasteiger partial charge in [0.15, 0.2) is 0 Å². The minimum Gasteiger partial charge on any atom is -0.394 e. The van der Waals surface area contributed by atoms with Crippen LogP contribution in [0.4, 0.5) is 0 Å². The van der Waals surface area contributed by atoms with Crippen LogP contribution in [-0.2, 0) is 16.0 Å². The van der Waals surface area contributed by atoms with Gasteiger partial charge in [0.25, 0.3) is 0 Å². The van der Waals surface area contributed by atoms with Crippen LogP contribution >= 0.6 is 0 Å². The summed E-state index contributed by atoms with van der Waals surface area (Å²) < 4.78 is 5.56. The fraction of sp³-hybridized carbons (Fsp3) is 0.632. The first kappa shape index (κ1) is 17.4. The summed E-state index contributed by atoms with van der Waals surface area (Å²) >= 11 is 0. The van der Waals surface area contributed by atoms with Crippen molar-refractivity contribution in [2.45, 2.75) is 50.2 Å². The van der Waals surface area contributed by atoms with Gasteiger partial charge < -0.3 is 15.2 Å². The molecule has 1 aromatic carbocycles. The van der Waals surface area contributed by atoms with Crippen molar-refractivity contribution in [1.29, 1.82) is 0 Å². The highest BCUT2D eigenvalue weighted by atomic mass is 16.5. The number of hydrogen-bond acceptors (Lipinski definition) is 4. The van der Waals surface area contributed by atoms with Crippen LogP contribution in [0.25, 0.3) is 0 Å². The molecule has 3 rings (SSSR count). The van der Waals surface area contributed by atoms with Crippen LogP contribution in [0.15, 0.2) is 30.3 Å². The van der Waals surface area contributed by atoms with Gasteiger partial charge in [0.05, 0.1) is 25.9 Å². The maximum atomic E-state index is 12.8. The normalized spacial score (nSPS) is 24.0. The van der Waals surface area contributed by atoms with E-state index in [0.29, 0.717) is 25.7 Å². The SMILES string of the molecule is O=C(N[C@H](CO)Cc1ccccc1)C1COCCN1C1CCCC1. The van der Waals surface area contributed by atoms with Gasteiger partial charge in [-0.15, -0.1) is 0 Å². The quantitative estimate of drug-likeness (QED) is 0.825. The fourth-order valence-corrected chi connectivity index (χ4v) is 3.87. The van der Waals surface area contributed by atoms with Crippen LogP contribution < -0.4 is 5.32 Å². The first-order valence-electron chi connectivity index (χ1n) is 9.06. The van der Waals surface area contributed by atoms with Crippen LogP contribution in [0.1, 0.15) is 31.2 Å². The fourth-order valence-electron chi connectivity index (χ4n) is 3.87. The number of nitrogens with one attached hydrogen (secondary N) is 1. The van der Waals surface area contributed by atoms with Gasteiger partial charge in [-0.05, 0) is 24.8 Å². The second-order valence-electron chi connectivity index (χ2n) is 6.84. The number of carbonyl (C=O) groups excluding carboxylic acids is 1. The van der Waals surface area contributed by atoms with Gasteiger partial charge in [0.2, 0.25) is 5.91 Å². The molecular formula is C19H28N2O3. The van der Waals surface area contributed by atoms with Gasteiger partial charge >= 0.3 is 0 Å². The number of nitrogens with zero attached hydrogens (tertiary/aromatic N) is 1. The Hall–Kier alpha value is -1.43. The number of ether oxygens (including phenoxy) is 1. The maximum absolute atomic E-state index is 12.8. The number of rotatable bonds is 6. The van der Waals surface area contributed by atoms with E-state index in [1.165, 1.54) is 25.7 Å². The van der Waals surface area contributed by atoms with E-state index in [1.54, 1.807) is 0 Å². The average molecular weight is 332 g/mol. The van der Waals surface area contributed by atoms with Crippen LogP contribution in [0.5, 0.6) is 0 Å². The summed E-state index contributed by atoms with van der Waals surface area (Å²) in [5, 5.41) is 12.7. The third-order valence-electron chi connectivity index (χ3n) is 5.16. The Labute approximate surface area is 144 Å². The molecule has 1 amide bonds. The van der Waals surface area contributed by atoms with Crippen molar-refractivity contribution in [2.24, 2.45) is 0 Å². The van der Waals surface area contributed by atoms with Crippen LogP contribution in [0.2, 0.25) is 0 Å². The molecule has 1 heterocycles. The van der Waals surface area contributed by atoms with E-state index in [0.717, 1.165) is 12.1 Å². The molecule has 0 radical (unpaired) electrons. The third-order valence-corrected chi connectivity index (χ3v) is 5.16. The average Bonchev–Trinajstić information content (AvgIpc) is 3.16. The molecule has 1 aliphatic heterocycles. The molecule has 1 saturated heterocycles. The molecule has 0 aromatic heterocycles. The van der Waals surface area contributed by atoms with E-state index in [-0.39, 0.29) is 24.6 Å². The first-order chi connectivity index (χ1) is 11.8. The zero-order chi connectivity index (χ0) is 16.8. The van der Waals surface area contributed by atoms with Crippen molar-refractivity contribution in [1.82, 2.24) is 10.2 Å². The van der Waals surface area contributed by atoms with Crippen molar-refractivity contribution in [3.05, 3.63) is 35.9 Å². The molecule has 2 fully saturated rings. The van der Waals surface area contributed by atoms with Gasteiger partial charge in [-0.25, -0.2) is 0 Å². The number of hydrogen-bond donors (Lipinski definition) is 2. The molecular weight excluding hydrogens is 304 g/mol. The third kappa shape index (κ3) is 4.35.